The van der Waals surface area contributed by atoms with E-state index >= 15 is 0 Å². The molecule has 0 spiro atoms. The predicted molar refractivity (Wildman–Crippen MR) is 94.1 cm³/mol. The number of amides is 1. The van der Waals surface area contributed by atoms with E-state index in [2.05, 4.69) is 16.3 Å². The van der Waals surface area contributed by atoms with Gasteiger partial charge in [-0.2, -0.15) is 0 Å². The largest absolute Gasteiger partial charge is 0.508 e. The standard InChI is InChI=1S/C19H24N2O3/c1-2-24-19(23)20-15-7-5-11-21(12-15)13-17-16-8-4-3-6-14(16)9-10-18(17)22/h3-4,6,8-10,15,22H,2,5,7,11-13H2,1H3,(H,20,23)/t15-/m1/s1. The van der Waals surface area contributed by atoms with Gasteiger partial charge in [0.2, 0.25) is 0 Å². The van der Waals surface area contributed by atoms with Crippen LogP contribution in [0.3, 0.4) is 0 Å². The quantitative estimate of drug-likeness (QED) is 0.904. The average Bonchev–Trinajstić information content (AvgIpc) is 2.58. The molecule has 2 aromatic carbocycles. The molecule has 0 unspecified atom stereocenters. The van der Waals surface area contributed by atoms with Crippen molar-refractivity contribution >= 4 is 16.9 Å². The van der Waals surface area contributed by atoms with E-state index < -0.39 is 0 Å². The minimum Gasteiger partial charge on any atom is -0.508 e. The number of nitrogens with one attached hydrogen (secondary N) is 1. The van der Waals surface area contributed by atoms with Crippen LogP contribution >= 0.6 is 0 Å². The topological polar surface area (TPSA) is 61.8 Å². The van der Waals surface area contributed by atoms with Crippen molar-refractivity contribution in [3.05, 3.63) is 42.0 Å². The van der Waals surface area contributed by atoms with Gasteiger partial charge in [0, 0.05) is 24.7 Å². The summed E-state index contributed by atoms with van der Waals surface area (Å²) in [5.41, 5.74) is 0.949. The molecule has 24 heavy (non-hydrogen) atoms. The summed E-state index contributed by atoms with van der Waals surface area (Å²) in [4.78, 5) is 13.9. The molecule has 2 aromatic rings. The van der Waals surface area contributed by atoms with Gasteiger partial charge in [0.05, 0.1) is 6.61 Å². The Morgan fingerprint density at radius 1 is 1.33 bits per heavy atom. The van der Waals surface area contributed by atoms with Gasteiger partial charge in [-0.3, -0.25) is 4.90 Å². The number of hydrogen-bond acceptors (Lipinski definition) is 4. The van der Waals surface area contributed by atoms with Crippen molar-refractivity contribution < 1.29 is 14.6 Å². The van der Waals surface area contributed by atoms with E-state index in [9.17, 15) is 9.90 Å². The Hall–Kier alpha value is -2.27. The number of fused-ring (bicyclic) bond motifs is 1. The van der Waals surface area contributed by atoms with E-state index in [0.29, 0.717) is 18.9 Å². The van der Waals surface area contributed by atoms with Crippen LogP contribution in [0.25, 0.3) is 10.8 Å². The summed E-state index contributed by atoms with van der Waals surface area (Å²) in [5, 5.41) is 15.4. The Kier molecular flexibility index (Phi) is 5.20. The zero-order chi connectivity index (χ0) is 16.9. The van der Waals surface area contributed by atoms with Crippen molar-refractivity contribution in [1.29, 1.82) is 0 Å². The zero-order valence-electron chi connectivity index (χ0n) is 14.0. The normalized spacial score (nSPS) is 18.5. The fraction of sp³-hybridized carbons (Fsp3) is 0.421. The van der Waals surface area contributed by atoms with Gasteiger partial charge in [-0.1, -0.05) is 30.3 Å². The number of alkyl carbamates (subject to hydrolysis) is 1. The molecule has 128 valence electrons. The number of hydrogen-bond donors (Lipinski definition) is 2. The van der Waals surface area contributed by atoms with Gasteiger partial charge < -0.3 is 15.2 Å². The van der Waals surface area contributed by atoms with Crippen LogP contribution in [-0.4, -0.2) is 41.8 Å². The number of nitrogens with zero attached hydrogens (tertiary/aromatic N) is 1. The van der Waals surface area contributed by atoms with E-state index in [-0.39, 0.29) is 12.1 Å². The molecule has 1 heterocycles. The number of likely N-dealkylation sites (tertiary alicyclic amines) is 1. The summed E-state index contributed by atoms with van der Waals surface area (Å²) in [5.74, 6) is 0.328. The van der Waals surface area contributed by atoms with Crippen LogP contribution in [0.5, 0.6) is 5.75 Å². The number of aromatic hydroxyl groups is 1. The Morgan fingerprint density at radius 2 is 2.17 bits per heavy atom. The van der Waals surface area contributed by atoms with Crippen LogP contribution in [-0.2, 0) is 11.3 Å². The molecule has 1 aliphatic rings. The summed E-state index contributed by atoms with van der Waals surface area (Å²) in [6, 6.07) is 11.9. The fourth-order valence-corrected chi connectivity index (χ4v) is 3.37. The third-order valence-electron chi connectivity index (χ3n) is 4.50. The first kappa shape index (κ1) is 16.6. The second-order valence-electron chi connectivity index (χ2n) is 6.22. The molecular formula is C19H24N2O3. The fourth-order valence-electron chi connectivity index (χ4n) is 3.37. The zero-order valence-corrected chi connectivity index (χ0v) is 14.0. The van der Waals surface area contributed by atoms with Crippen molar-refractivity contribution in [2.24, 2.45) is 0 Å². The molecule has 1 aliphatic heterocycles. The highest BCUT2D eigenvalue weighted by Crippen LogP contribution is 2.29. The van der Waals surface area contributed by atoms with E-state index in [1.165, 1.54) is 0 Å². The molecule has 2 N–H and O–H groups in total. The number of ether oxygens (including phenoxy) is 1. The molecule has 0 radical (unpaired) electrons. The number of carbonyl (C=O) groups is 1. The third-order valence-corrected chi connectivity index (χ3v) is 4.50. The van der Waals surface area contributed by atoms with Crippen LogP contribution in [0, 0.1) is 0 Å². The van der Waals surface area contributed by atoms with Gasteiger partial charge in [0.15, 0.2) is 0 Å². The molecule has 1 saturated heterocycles. The first-order chi connectivity index (χ1) is 11.7. The van der Waals surface area contributed by atoms with Crippen LogP contribution in [0.4, 0.5) is 4.79 Å². The number of carbonyl (C=O) groups excluding carboxylic acids is 1. The Labute approximate surface area is 142 Å². The summed E-state index contributed by atoms with van der Waals surface area (Å²) in [7, 11) is 0. The van der Waals surface area contributed by atoms with Gasteiger partial charge in [-0.15, -0.1) is 0 Å². The monoisotopic (exact) mass is 328 g/mol. The van der Waals surface area contributed by atoms with E-state index in [1.54, 1.807) is 13.0 Å². The smallest absolute Gasteiger partial charge is 0.407 e. The van der Waals surface area contributed by atoms with Gasteiger partial charge in [0.25, 0.3) is 0 Å². The number of piperidine rings is 1. The molecule has 5 heteroatoms. The highest BCUT2D eigenvalue weighted by atomic mass is 16.5. The van der Waals surface area contributed by atoms with E-state index in [0.717, 1.165) is 42.3 Å². The van der Waals surface area contributed by atoms with Crippen LogP contribution in [0.1, 0.15) is 25.3 Å². The molecule has 0 saturated carbocycles. The summed E-state index contributed by atoms with van der Waals surface area (Å²) >= 11 is 0. The molecular weight excluding hydrogens is 304 g/mol. The van der Waals surface area contributed by atoms with Gasteiger partial charge in [-0.25, -0.2) is 4.79 Å². The van der Waals surface area contributed by atoms with Crippen molar-refractivity contribution in [3.63, 3.8) is 0 Å². The summed E-state index contributed by atoms with van der Waals surface area (Å²) in [6.45, 7) is 4.58. The molecule has 1 amide bonds. The van der Waals surface area contributed by atoms with Crippen LogP contribution in [0.15, 0.2) is 36.4 Å². The molecule has 1 atom stereocenters. The second-order valence-corrected chi connectivity index (χ2v) is 6.22. The number of phenols is 1. The molecule has 0 bridgehead atoms. The van der Waals surface area contributed by atoms with E-state index in [1.807, 2.05) is 24.3 Å². The van der Waals surface area contributed by atoms with E-state index in [4.69, 9.17) is 4.74 Å². The lowest BCUT2D eigenvalue weighted by Gasteiger charge is -2.33. The average molecular weight is 328 g/mol. The number of phenolic OH excluding ortho intramolecular Hbond substituents is 1. The third kappa shape index (κ3) is 3.79. The number of rotatable bonds is 4. The molecule has 1 fully saturated rings. The van der Waals surface area contributed by atoms with Gasteiger partial charge in [-0.05, 0) is 43.1 Å². The number of benzene rings is 2. The van der Waals surface area contributed by atoms with Crippen LogP contribution < -0.4 is 5.32 Å². The lowest BCUT2D eigenvalue weighted by molar-refractivity contribution is 0.132. The summed E-state index contributed by atoms with van der Waals surface area (Å²) in [6.07, 6.45) is 1.62. The van der Waals surface area contributed by atoms with Crippen LogP contribution in [0.2, 0.25) is 0 Å². The molecule has 3 rings (SSSR count). The Morgan fingerprint density at radius 3 is 3.00 bits per heavy atom. The van der Waals surface area contributed by atoms with Crippen molar-refractivity contribution in [3.8, 4) is 5.75 Å². The highest BCUT2D eigenvalue weighted by molar-refractivity contribution is 5.87. The second kappa shape index (κ2) is 7.53. The minimum atomic E-state index is -0.350. The SMILES string of the molecule is CCOC(=O)N[C@@H]1CCCN(Cc2c(O)ccc3ccccc23)C1. The van der Waals surface area contributed by atoms with Crippen molar-refractivity contribution in [2.75, 3.05) is 19.7 Å². The first-order valence-corrected chi connectivity index (χ1v) is 8.52. The maximum Gasteiger partial charge on any atom is 0.407 e. The first-order valence-electron chi connectivity index (χ1n) is 8.52. The molecule has 0 aliphatic carbocycles. The van der Waals surface area contributed by atoms with Crippen molar-refractivity contribution in [2.45, 2.75) is 32.4 Å². The highest BCUT2D eigenvalue weighted by Gasteiger charge is 2.23. The van der Waals surface area contributed by atoms with Crippen molar-refractivity contribution in [1.82, 2.24) is 10.2 Å². The molecule has 0 aromatic heterocycles. The maximum absolute atomic E-state index is 11.6. The molecule has 5 nitrogen and oxygen atoms in total. The summed E-state index contributed by atoms with van der Waals surface area (Å²) < 4.78 is 4.97. The Bertz CT molecular complexity index is 717. The maximum atomic E-state index is 11.6. The van der Waals surface area contributed by atoms with Gasteiger partial charge >= 0.3 is 6.09 Å². The minimum absolute atomic E-state index is 0.0925. The van der Waals surface area contributed by atoms with Gasteiger partial charge in [0.1, 0.15) is 5.75 Å². The Balaban J connectivity index is 1.72. The predicted octanol–water partition coefficient (Wildman–Crippen LogP) is 3.26. The lowest BCUT2D eigenvalue weighted by atomic mass is 10.0. The lowest BCUT2D eigenvalue weighted by Crippen LogP contribution is -2.47.